The van der Waals surface area contributed by atoms with Crippen LogP contribution in [0.2, 0.25) is 0 Å². The molecule has 1 aliphatic heterocycles. The van der Waals surface area contributed by atoms with E-state index in [1.807, 2.05) is 5.38 Å². The number of nitrogens with one attached hydrogen (secondary N) is 1. The van der Waals surface area contributed by atoms with Crippen molar-refractivity contribution in [2.75, 3.05) is 19.6 Å². The number of piperidine rings is 1. The van der Waals surface area contributed by atoms with Gasteiger partial charge in [0.15, 0.2) is 0 Å². The predicted molar refractivity (Wildman–Crippen MR) is 71.2 cm³/mol. The van der Waals surface area contributed by atoms with Gasteiger partial charge in [-0.3, -0.25) is 0 Å². The molecule has 1 fully saturated rings. The Balaban J connectivity index is 1.87. The molecule has 0 bridgehead atoms. The Bertz CT molecular complexity index is 452. The Morgan fingerprint density at radius 2 is 2.22 bits per heavy atom. The molecule has 0 radical (unpaired) electrons. The third kappa shape index (κ3) is 3.48. The molecule has 0 spiro atoms. The fourth-order valence-corrected chi connectivity index (χ4v) is 3.81. The van der Waals surface area contributed by atoms with Crippen molar-refractivity contribution >= 4 is 21.5 Å². The minimum atomic E-state index is -3.38. The number of hydrogen-bond donors (Lipinski definition) is 2. The average Bonchev–Trinajstić information content (AvgIpc) is 2.90. The van der Waals surface area contributed by atoms with Gasteiger partial charge < -0.3 is 5.73 Å². The van der Waals surface area contributed by atoms with E-state index in [1.54, 1.807) is 6.20 Å². The molecule has 102 valence electrons. The number of thiazole rings is 1. The third-order valence-electron chi connectivity index (χ3n) is 3.14. The van der Waals surface area contributed by atoms with Crippen molar-refractivity contribution in [2.24, 2.45) is 11.7 Å². The third-order valence-corrected chi connectivity index (χ3v) is 5.47. The summed E-state index contributed by atoms with van der Waals surface area (Å²) in [6.45, 7) is 2.00. The monoisotopic (exact) mass is 290 g/mol. The second kappa shape index (κ2) is 6.07. The van der Waals surface area contributed by atoms with Gasteiger partial charge in [0.25, 0.3) is 10.2 Å². The normalized spacial score (nSPS) is 19.2. The molecule has 0 amide bonds. The molecule has 1 saturated heterocycles. The first-order chi connectivity index (χ1) is 8.62. The molecule has 0 unspecified atom stereocenters. The van der Waals surface area contributed by atoms with E-state index < -0.39 is 10.2 Å². The van der Waals surface area contributed by atoms with Gasteiger partial charge in [0.2, 0.25) is 0 Å². The fourth-order valence-electron chi connectivity index (χ4n) is 1.97. The summed E-state index contributed by atoms with van der Waals surface area (Å²) in [6, 6.07) is 0. The molecule has 8 heteroatoms. The summed E-state index contributed by atoms with van der Waals surface area (Å²) < 4.78 is 28.1. The minimum Gasteiger partial charge on any atom is -0.330 e. The molecular weight excluding hydrogens is 272 g/mol. The van der Waals surface area contributed by atoms with E-state index in [2.05, 4.69) is 9.71 Å². The number of nitrogens with two attached hydrogens (primary N) is 1. The molecule has 2 rings (SSSR count). The highest BCUT2D eigenvalue weighted by Gasteiger charge is 2.27. The van der Waals surface area contributed by atoms with Crippen LogP contribution in [0.4, 0.5) is 0 Å². The summed E-state index contributed by atoms with van der Waals surface area (Å²) in [5.74, 6) is 0.454. The van der Waals surface area contributed by atoms with Crippen molar-refractivity contribution in [1.29, 1.82) is 0 Å². The smallest absolute Gasteiger partial charge is 0.279 e. The Labute approximate surface area is 111 Å². The average molecular weight is 290 g/mol. The summed E-state index contributed by atoms with van der Waals surface area (Å²) in [5.41, 5.74) is 5.59. The SMILES string of the molecule is NCC1CCN(S(=O)(=O)NCc2nccs2)CC1. The molecule has 3 N–H and O–H groups in total. The minimum absolute atomic E-state index is 0.261. The zero-order valence-corrected chi connectivity index (χ0v) is 11.7. The quantitative estimate of drug-likeness (QED) is 0.808. The van der Waals surface area contributed by atoms with Gasteiger partial charge in [0.05, 0.1) is 6.54 Å². The standard InChI is InChI=1S/C10H18N4O2S2/c11-7-9-1-4-14(5-2-9)18(15,16)13-8-10-12-3-6-17-10/h3,6,9,13H,1-2,4-5,7-8,11H2. The van der Waals surface area contributed by atoms with Crippen LogP contribution in [0.15, 0.2) is 11.6 Å². The number of hydrogen-bond acceptors (Lipinski definition) is 5. The summed E-state index contributed by atoms with van der Waals surface area (Å²) in [5, 5.41) is 2.60. The first-order valence-electron chi connectivity index (χ1n) is 5.95. The molecular formula is C10H18N4O2S2. The van der Waals surface area contributed by atoms with Gasteiger partial charge in [-0.2, -0.15) is 17.4 Å². The molecule has 2 heterocycles. The Morgan fingerprint density at radius 3 is 2.78 bits per heavy atom. The number of rotatable bonds is 5. The lowest BCUT2D eigenvalue weighted by Gasteiger charge is -2.30. The van der Waals surface area contributed by atoms with E-state index in [0.717, 1.165) is 17.8 Å². The van der Waals surface area contributed by atoms with Crippen LogP contribution in [-0.2, 0) is 16.8 Å². The molecule has 0 atom stereocenters. The van der Waals surface area contributed by atoms with Gasteiger partial charge in [-0.1, -0.05) is 0 Å². The number of nitrogens with zero attached hydrogens (tertiary/aromatic N) is 2. The first-order valence-corrected chi connectivity index (χ1v) is 8.27. The van der Waals surface area contributed by atoms with Crippen molar-refractivity contribution in [3.8, 4) is 0 Å². The van der Waals surface area contributed by atoms with Crippen LogP contribution in [0.3, 0.4) is 0 Å². The van der Waals surface area contributed by atoms with Crippen LogP contribution in [0.25, 0.3) is 0 Å². The molecule has 18 heavy (non-hydrogen) atoms. The molecule has 0 saturated carbocycles. The maximum absolute atomic E-state index is 12.0. The topological polar surface area (TPSA) is 88.3 Å². The van der Waals surface area contributed by atoms with Gasteiger partial charge in [-0.15, -0.1) is 11.3 Å². The summed E-state index contributed by atoms with van der Waals surface area (Å²) in [6.07, 6.45) is 3.35. The molecule has 6 nitrogen and oxygen atoms in total. The van der Waals surface area contributed by atoms with Crippen molar-refractivity contribution in [3.05, 3.63) is 16.6 Å². The van der Waals surface area contributed by atoms with Gasteiger partial charge in [0, 0.05) is 24.7 Å². The Hall–Kier alpha value is -0.540. The highest BCUT2D eigenvalue weighted by molar-refractivity contribution is 7.87. The van der Waals surface area contributed by atoms with Crippen LogP contribution >= 0.6 is 11.3 Å². The Morgan fingerprint density at radius 1 is 1.50 bits per heavy atom. The lowest BCUT2D eigenvalue weighted by molar-refractivity contribution is 0.275. The molecule has 1 aromatic heterocycles. The second-order valence-electron chi connectivity index (χ2n) is 4.33. The summed E-state index contributed by atoms with van der Waals surface area (Å²) >= 11 is 1.44. The molecule has 0 aromatic carbocycles. The first kappa shape index (κ1) is 13.9. The van der Waals surface area contributed by atoms with Gasteiger partial charge in [0.1, 0.15) is 5.01 Å². The lowest BCUT2D eigenvalue weighted by atomic mass is 9.99. The zero-order valence-electron chi connectivity index (χ0n) is 10.1. The van der Waals surface area contributed by atoms with Gasteiger partial charge in [-0.05, 0) is 25.3 Å². The van der Waals surface area contributed by atoms with E-state index >= 15 is 0 Å². The van der Waals surface area contributed by atoms with Crippen LogP contribution in [-0.4, -0.2) is 37.3 Å². The van der Waals surface area contributed by atoms with E-state index in [1.165, 1.54) is 15.6 Å². The number of aromatic nitrogens is 1. The van der Waals surface area contributed by atoms with E-state index in [-0.39, 0.29) is 6.54 Å². The lowest BCUT2D eigenvalue weighted by Crippen LogP contribution is -2.45. The molecule has 0 aliphatic carbocycles. The van der Waals surface area contributed by atoms with E-state index in [0.29, 0.717) is 25.6 Å². The highest BCUT2D eigenvalue weighted by atomic mass is 32.2. The maximum atomic E-state index is 12.0. The van der Waals surface area contributed by atoms with Crippen LogP contribution in [0.1, 0.15) is 17.8 Å². The fraction of sp³-hybridized carbons (Fsp3) is 0.700. The summed E-state index contributed by atoms with van der Waals surface area (Å²) in [7, 11) is -3.38. The van der Waals surface area contributed by atoms with E-state index in [4.69, 9.17) is 5.73 Å². The van der Waals surface area contributed by atoms with Crippen molar-refractivity contribution in [3.63, 3.8) is 0 Å². The Kier molecular flexibility index (Phi) is 4.68. The highest BCUT2D eigenvalue weighted by Crippen LogP contribution is 2.18. The van der Waals surface area contributed by atoms with Crippen molar-refractivity contribution < 1.29 is 8.42 Å². The maximum Gasteiger partial charge on any atom is 0.279 e. The molecule has 1 aromatic rings. The van der Waals surface area contributed by atoms with Crippen molar-refractivity contribution in [1.82, 2.24) is 14.0 Å². The van der Waals surface area contributed by atoms with Gasteiger partial charge >= 0.3 is 0 Å². The predicted octanol–water partition coefficient (Wildman–Crippen LogP) is 0.148. The molecule has 1 aliphatic rings. The van der Waals surface area contributed by atoms with Crippen molar-refractivity contribution in [2.45, 2.75) is 19.4 Å². The summed E-state index contributed by atoms with van der Waals surface area (Å²) in [4.78, 5) is 4.05. The van der Waals surface area contributed by atoms with Gasteiger partial charge in [-0.25, -0.2) is 4.98 Å². The zero-order chi connectivity index (χ0) is 13.0. The second-order valence-corrected chi connectivity index (χ2v) is 7.06. The van der Waals surface area contributed by atoms with E-state index in [9.17, 15) is 8.42 Å². The van der Waals surface area contributed by atoms with Crippen LogP contribution in [0, 0.1) is 5.92 Å². The van der Waals surface area contributed by atoms with Crippen LogP contribution in [0.5, 0.6) is 0 Å². The van der Waals surface area contributed by atoms with Crippen LogP contribution < -0.4 is 10.5 Å². The largest absolute Gasteiger partial charge is 0.330 e.